The summed E-state index contributed by atoms with van der Waals surface area (Å²) in [4.78, 5) is 11.5. The molecule has 0 amide bonds. The molecule has 4 rings (SSSR count). The molecule has 0 heterocycles. The van der Waals surface area contributed by atoms with Crippen LogP contribution in [0, 0.1) is 4.91 Å². The molecule has 0 N–H and O–H groups in total. The number of rotatable bonds is 7. The first-order valence-electron chi connectivity index (χ1n) is 10.3. The molecule has 0 aromatic heterocycles. The summed E-state index contributed by atoms with van der Waals surface area (Å²) in [5, 5.41) is 7.14. The molecule has 0 spiro atoms. The summed E-state index contributed by atoms with van der Waals surface area (Å²) < 4.78 is 5.32. The van der Waals surface area contributed by atoms with Gasteiger partial charge < -0.3 is 0 Å². The van der Waals surface area contributed by atoms with Crippen LogP contribution in [0.15, 0.2) is 114 Å². The first-order valence-corrected chi connectivity index (χ1v) is 13.1. The molecule has 0 aliphatic rings. The van der Waals surface area contributed by atoms with Crippen LogP contribution in [0.3, 0.4) is 0 Å². The van der Waals surface area contributed by atoms with Crippen LogP contribution in [0.4, 0.5) is 5.69 Å². The van der Waals surface area contributed by atoms with Crippen LogP contribution in [0.2, 0.25) is 0 Å². The number of ether oxygens (including phenoxy) is 1. The van der Waals surface area contributed by atoms with Crippen LogP contribution in [0.25, 0.3) is 0 Å². The third-order valence-electron chi connectivity index (χ3n) is 6.28. The molecule has 0 radical (unpaired) electrons. The fourth-order valence-electron chi connectivity index (χ4n) is 4.58. The zero-order chi connectivity index (χ0) is 21.8. The van der Waals surface area contributed by atoms with Crippen LogP contribution in [-0.4, -0.2) is 13.8 Å². The number of nitrogens with zero attached hydrogens (tertiary/aromatic N) is 1. The number of nitroso groups, excluding NO2 is 1. The van der Waals surface area contributed by atoms with Crippen molar-refractivity contribution in [2.24, 2.45) is 5.18 Å². The Morgan fingerprint density at radius 1 is 0.710 bits per heavy atom. The zero-order valence-electron chi connectivity index (χ0n) is 17.8. The molecular weight excluding hydrogens is 401 g/mol. The van der Waals surface area contributed by atoms with Crippen molar-refractivity contribution in [3.05, 3.63) is 120 Å². The molecule has 4 heteroatoms. The average Bonchev–Trinajstić information content (AvgIpc) is 2.85. The molecule has 0 aliphatic heterocycles. The summed E-state index contributed by atoms with van der Waals surface area (Å²) in [6.07, 6.45) is 0.774. The van der Waals surface area contributed by atoms with Crippen molar-refractivity contribution in [2.45, 2.75) is 6.16 Å². The summed E-state index contributed by atoms with van der Waals surface area (Å²) in [7, 11) is 1.56. The third kappa shape index (κ3) is 3.56. The predicted octanol–water partition coefficient (Wildman–Crippen LogP) is 5.75. The molecule has 0 aliphatic carbocycles. The number of benzene rings is 4. The number of methoxy groups -OCH3 is 1. The van der Waals surface area contributed by atoms with Gasteiger partial charge in [-0.2, -0.15) is 0 Å². The fraction of sp³-hybridized carbons (Fsp3) is 0.111. The Hall–Kier alpha value is -3.29. The molecule has 0 bridgehead atoms. The van der Waals surface area contributed by atoms with Crippen molar-refractivity contribution in [2.75, 3.05) is 13.8 Å². The average molecular weight is 427 g/mol. The molecule has 4 aromatic rings. The van der Waals surface area contributed by atoms with E-state index in [1.807, 2.05) is 18.2 Å². The molecule has 4 aromatic carbocycles. The van der Waals surface area contributed by atoms with Gasteiger partial charge in [0.05, 0.1) is 0 Å². The molecule has 156 valence electrons. The normalized spacial score (nSPS) is 12.5. The fourth-order valence-corrected chi connectivity index (χ4v) is 10.1. The van der Waals surface area contributed by atoms with E-state index in [2.05, 4.69) is 103 Å². The van der Waals surface area contributed by atoms with Gasteiger partial charge in [0.1, 0.15) is 0 Å². The van der Waals surface area contributed by atoms with E-state index < -0.39 is 6.60 Å². The Kier molecular flexibility index (Phi) is 5.71. The van der Waals surface area contributed by atoms with Gasteiger partial charge in [-0.1, -0.05) is 0 Å². The van der Waals surface area contributed by atoms with Gasteiger partial charge in [-0.15, -0.1) is 0 Å². The Morgan fingerprint density at radius 3 is 1.55 bits per heavy atom. The second kappa shape index (κ2) is 8.45. The van der Waals surface area contributed by atoms with Crippen LogP contribution in [0.5, 0.6) is 5.75 Å². The Labute approximate surface area is 183 Å². The van der Waals surface area contributed by atoms with E-state index in [0.29, 0.717) is 11.4 Å². The summed E-state index contributed by atoms with van der Waals surface area (Å²) in [6, 6.07) is 38.0. The predicted molar refractivity (Wildman–Crippen MR) is 133 cm³/mol. The Balaban J connectivity index is 2.05. The Bertz CT molecular complexity index is 1080. The Morgan fingerprint density at radius 2 is 1.16 bits per heavy atom. The van der Waals surface area contributed by atoms with Crippen LogP contribution < -0.4 is 20.7 Å². The van der Waals surface area contributed by atoms with E-state index >= 15 is 0 Å². The minimum absolute atomic E-state index is 0.333. The maximum absolute atomic E-state index is 11.5. The van der Waals surface area contributed by atoms with Crippen molar-refractivity contribution in [1.29, 1.82) is 0 Å². The maximum atomic E-state index is 11.5. The first kappa shape index (κ1) is 21.0. The first-order chi connectivity index (χ1) is 15.1. The second-order valence-corrected chi connectivity index (χ2v) is 13.5. The van der Waals surface area contributed by atoms with Crippen LogP contribution in [0.1, 0.15) is 5.56 Å². The molecule has 0 saturated carbocycles. The summed E-state index contributed by atoms with van der Waals surface area (Å²) >= 11 is 0. The monoisotopic (exact) mass is 427 g/mol. The van der Waals surface area contributed by atoms with Gasteiger partial charge in [-0.25, -0.2) is 0 Å². The summed E-state index contributed by atoms with van der Waals surface area (Å²) in [5.74, 6) is 0.495. The van der Waals surface area contributed by atoms with Gasteiger partial charge in [0.2, 0.25) is 0 Å². The SMILES string of the molecule is COc1ccc(CP(C)(c2ccccc2)(c2ccccc2)c2ccccc2)cc1N=O. The number of hydrogen-bond donors (Lipinski definition) is 0. The summed E-state index contributed by atoms with van der Waals surface area (Å²) in [6.45, 7) is -0.510. The molecule has 0 fully saturated rings. The van der Waals surface area contributed by atoms with E-state index in [9.17, 15) is 4.91 Å². The summed E-state index contributed by atoms with van der Waals surface area (Å²) in [5.41, 5.74) is 1.39. The van der Waals surface area contributed by atoms with Gasteiger partial charge in [-0.05, 0) is 0 Å². The van der Waals surface area contributed by atoms with Gasteiger partial charge in [-0.3, -0.25) is 0 Å². The minimum atomic E-state index is -2.93. The van der Waals surface area contributed by atoms with Crippen molar-refractivity contribution in [1.82, 2.24) is 0 Å². The van der Waals surface area contributed by atoms with E-state index in [1.54, 1.807) is 7.11 Å². The molecular formula is C27H26NO2P. The van der Waals surface area contributed by atoms with Crippen molar-refractivity contribution in [3.63, 3.8) is 0 Å². The quantitative estimate of drug-likeness (QED) is 0.278. The van der Waals surface area contributed by atoms with Crippen molar-refractivity contribution in [3.8, 4) is 5.75 Å². The van der Waals surface area contributed by atoms with E-state index in [0.717, 1.165) is 11.7 Å². The van der Waals surface area contributed by atoms with E-state index in [1.165, 1.54) is 15.9 Å². The topological polar surface area (TPSA) is 38.7 Å². The molecule has 0 unspecified atom stereocenters. The van der Waals surface area contributed by atoms with Gasteiger partial charge in [0.15, 0.2) is 0 Å². The zero-order valence-corrected chi connectivity index (χ0v) is 18.7. The standard InChI is InChI=1S/C27H26NO2P/c1-30-27-19-18-22(20-26(27)28-29)21-31(2,23-12-6-3-7-13-23,24-14-8-4-9-15-24)25-16-10-5-11-17-25/h3-20H,21H2,1-2H3. The van der Waals surface area contributed by atoms with E-state index in [4.69, 9.17) is 4.74 Å². The van der Waals surface area contributed by atoms with Crippen LogP contribution in [-0.2, 0) is 6.16 Å². The van der Waals surface area contributed by atoms with Gasteiger partial charge in [0, 0.05) is 0 Å². The van der Waals surface area contributed by atoms with E-state index in [-0.39, 0.29) is 0 Å². The third-order valence-corrected chi connectivity index (χ3v) is 12.5. The molecule has 3 nitrogen and oxygen atoms in total. The van der Waals surface area contributed by atoms with Gasteiger partial charge in [0.25, 0.3) is 0 Å². The second-order valence-electron chi connectivity index (χ2n) is 8.06. The number of hydrogen-bond acceptors (Lipinski definition) is 3. The van der Waals surface area contributed by atoms with Crippen LogP contribution >= 0.6 is 6.60 Å². The van der Waals surface area contributed by atoms with Gasteiger partial charge >= 0.3 is 183 Å². The molecule has 31 heavy (non-hydrogen) atoms. The molecule has 0 saturated heterocycles. The van der Waals surface area contributed by atoms with Crippen molar-refractivity contribution >= 4 is 28.2 Å². The van der Waals surface area contributed by atoms with Crippen molar-refractivity contribution < 1.29 is 4.74 Å². The molecule has 0 atom stereocenters.